The fourth-order valence-corrected chi connectivity index (χ4v) is 5.03. The van der Waals surface area contributed by atoms with Crippen LogP contribution in [0.25, 0.3) is 0 Å². The fourth-order valence-electron chi connectivity index (χ4n) is 4.31. The number of fused-ring (bicyclic) bond motifs is 1. The van der Waals surface area contributed by atoms with Gasteiger partial charge >= 0.3 is 0 Å². The molecule has 2 aliphatic rings. The van der Waals surface area contributed by atoms with Gasteiger partial charge in [0.1, 0.15) is 5.82 Å². The average molecular weight is 441 g/mol. The number of non-ortho nitro benzene ring substituents is 1. The normalized spacial score (nSPS) is 19.5. The maximum absolute atomic E-state index is 13.2. The molecule has 0 spiro atoms. The van der Waals surface area contributed by atoms with Crippen LogP contribution in [0.1, 0.15) is 57.1 Å². The molecule has 1 unspecified atom stereocenters. The van der Waals surface area contributed by atoms with Gasteiger partial charge in [0.2, 0.25) is 0 Å². The van der Waals surface area contributed by atoms with Crippen LogP contribution in [0.2, 0.25) is 0 Å². The van der Waals surface area contributed by atoms with E-state index in [0.717, 1.165) is 17.9 Å². The van der Waals surface area contributed by atoms with Gasteiger partial charge in [0.25, 0.3) is 11.2 Å². The number of nitro benzene ring substituents is 1. The van der Waals surface area contributed by atoms with Crippen molar-refractivity contribution in [3.63, 3.8) is 0 Å². The van der Waals surface area contributed by atoms with E-state index in [4.69, 9.17) is 0 Å². The number of thioether (sulfide) groups is 1. The summed E-state index contributed by atoms with van der Waals surface area (Å²) in [5, 5.41) is 15.1. The van der Waals surface area contributed by atoms with Crippen molar-refractivity contribution in [2.45, 2.75) is 51.1 Å². The predicted molar refractivity (Wildman–Crippen MR) is 119 cm³/mol. The van der Waals surface area contributed by atoms with Crippen LogP contribution in [0, 0.1) is 15.5 Å². The summed E-state index contributed by atoms with van der Waals surface area (Å²) in [6.45, 7) is 6.11. The van der Waals surface area contributed by atoms with E-state index in [1.807, 2.05) is 20.8 Å². The third-order valence-electron chi connectivity index (χ3n) is 5.56. The maximum Gasteiger partial charge on any atom is 0.269 e. The van der Waals surface area contributed by atoms with Crippen LogP contribution in [0.3, 0.4) is 0 Å². The molecule has 9 heteroatoms. The van der Waals surface area contributed by atoms with Crippen molar-refractivity contribution >= 4 is 29.1 Å². The molecule has 31 heavy (non-hydrogen) atoms. The minimum Gasteiger partial charge on any atom is -0.343 e. The van der Waals surface area contributed by atoms with Crippen molar-refractivity contribution < 1.29 is 9.72 Å². The van der Waals surface area contributed by atoms with E-state index in [9.17, 15) is 19.7 Å². The Kier molecular flexibility index (Phi) is 5.47. The Bertz CT molecular complexity index is 1170. The number of H-pyrrole nitrogens is 1. The van der Waals surface area contributed by atoms with Gasteiger partial charge in [0, 0.05) is 41.5 Å². The van der Waals surface area contributed by atoms with Crippen molar-refractivity contribution in [1.82, 2.24) is 9.97 Å². The second kappa shape index (κ2) is 7.96. The van der Waals surface area contributed by atoms with Crippen molar-refractivity contribution in [3.05, 3.63) is 67.1 Å². The molecule has 0 fully saturated rings. The Morgan fingerprint density at radius 1 is 1.29 bits per heavy atom. The fraction of sp³-hybridized carbons (Fsp3) is 0.409. The molecule has 1 atom stereocenters. The highest BCUT2D eigenvalue weighted by atomic mass is 32.2. The number of rotatable bonds is 5. The van der Waals surface area contributed by atoms with E-state index in [0.29, 0.717) is 40.5 Å². The van der Waals surface area contributed by atoms with E-state index in [1.165, 1.54) is 23.9 Å². The van der Waals surface area contributed by atoms with Gasteiger partial charge in [-0.25, -0.2) is 4.98 Å². The van der Waals surface area contributed by atoms with E-state index < -0.39 is 10.8 Å². The Balaban J connectivity index is 1.93. The number of aromatic nitrogens is 2. The summed E-state index contributed by atoms with van der Waals surface area (Å²) in [6, 6.07) is 6.15. The van der Waals surface area contributed by atoms with Crippen molar-refractivity contribution in [2.75, 3.05) is 11.1 Å². The lowest BCUT2D eigenvalue weighted by Gasteiger charge is -2.38. The molecule has 1 aromatic heterocycles. The summed E-state index contributed by atoms with van der Waals surface area (Å²) < 4.78 is 0. The monoisotopic (exact) mass is 440 g/mol. The van der Waals surface area contributed by atoms with Crippen LogP contribution < -0.4 is 10.9 Å². The number of allylic oxidation sites excluding steroid dienone is 2. The molecule has 2 N–H and O–H groups in total. The zero-order chi connectivity index (χ0) is 22.3. The zero-order valence-electron chi connectivity index (χ0n) is 17.7. The number of aromatic amines is 1. The summed E-state index contributed by atoms with van der Waals surface area (Å²) in [4.78, 5) is 44.7. The minimum absolute atomic E-state index is 0.0512. The molecule has 2 aromatic rings. The number of carbonyl (C=O) groups is 1. The Labute approximate surface area is 183 Å². The lowest BCUT2D eigenvalue weighted by Crippen LogP contribution is -2.37. The molecule has 0 saturated carbocycles. The Morgan fingerprint density at radius 2 is 2.06 bits per heavy atom. The van der Waals surface area contributed by atoms with Crippen LogP contribution in [0.5, 0.6) is 0 Å². The van der Waals surface area contributed by atoms with Gasteiger partial charge in [-0.1, -0.05) is 44.7 Å². The van der Waals surface area contributed by atoms with Crippen molar-refractivity contribution in [2.24, 2.45) is 5.41 Å². The molecule has 1 aromatic carbocycles. The molecule has 162 valence electrons. The topological polar surface area (TPSA) is 118 Å². The smallest absolute Gasteiger partial charge is 0.269 e. The lowest BCUT2D eigenvalue weighted by atomic mass is 9.69. The van der Waals surface area contributed by atoms with Gasteiger partial charge in [-0.2, -0.15) is 0 Å². The standard InChI is InChI=1S/C22H24N4O4S/c1-4-8-31-21-24-19-18(20(28)25-21)16(12-6-5-7-13(9-12)26(29)30)17-14(23-19)10-22(2,3)11-15(17)27/h5-7,9,16H,4,8,10-11H2,1-3H3,(H2,23,24,25,28). The SMILES string of the molecule is CCCSc1nc2c(c(=O)[nH]1)C(c1cccc([N+](=O)[O-])c1)C1=C(CC(C)(C)CC1=O)N2. The van der Waals surface area contributed by atoms with Crippen molar-refractivity contribution in [1.29, 1.82) is 0 Å². The first-order chi connectivity index (χ1) is 14.7. The molecular weight excluding hydrogens is 416 g/mol. The minimum atomic E-state index is -0.698. The van der Waals surface area contributed by atoms with E-state index in [1.54, 1.807) is 12.1 Å². The van der Waals surface area contributed by atoms with E-state index >= 15 is 0 Å². The highest BCUT2D eigenvalue weighted by molar-refractivity contribution is 7.99. The van der Waals surface area contributed by atoms with Crippen LogP contribution in [-0.4, -0.2) is 26.4 Å². The van der Waals surface area contributed by atoms with Gasteiger partial charge in [-0.05, 0) is 23.8 Å². The van der Waals surface area contributed by atoms with Crippen LogP contribution in [-0.2, 0) is 4.79 Å². The number of ketones is 1. The zero-order valence-corrected chi connectivity index (χ0v) is 18.5. The highest BCUT2D eigenvalue weighted by Gasteiger charge is 2.42. The number of nitro groups is 1. The molecule has 1 aliphatic carbocycles. The van der Waals surface area contributed by atoms with Gasteiger partial charge in [0.05, 0.1) is 10.5 Å². The van der Waals surface area contributed by atoms with Gasteiger partial charge in [0.15, 0.2) is 10.9 Å². The number of anilines is 1. The largest absolute Gasteiger partial charge is 0.343 e. The summed E-state index contributed by atoms with van der Waals surface area (Å²) in [5.74, 6) is 0.485. The average Bonchev–Trinajstić information content (AvgIpc) is 2.69. The van der Waals surface area contributed by atoms with E-state index in [-0.39, 0.29) is 22.4 Å². The summed E-state index contributed by atoms with van der Waals surface area (Å²) in [7, 11) is 0. The quantitative estimate of drug-likeness (QED) is 0.306. The second-order valence-electron chi connectivity index (χ2n) is 8.73. The summed E-state index contributed by atoms with van der Waals surface area (Å²) in [6.07, 6.45) is 1.92. The summed E-state index contributed by atoms with van der Waals surface area (Å²) in [5.41, 5.74) is 1.48. The van der Waals surface area contributed by atoms with Gasteiger partial charge in [-0.3, -0.25) is 19.7 Å². The number of carbonyl (C=O) groups excluding carboxylic acids is 1. The van der Waals surface area contributed by atoms with Crippen LogP contribution >= 0.6 is 11.8 Å². The predicted octanol–water partition coefficient (Wildman–Crippen LogP) is 4.38. The van der Waals surface area contributed by atoms with Gasteiger partial charge < -0.3 is 10.3 Å². The first-order valence-electron chi connectivity index (χ1n) is 10.2. The Morgan fingerprint density at radius 3 is 2.77 bits per heavy atom. The first-order valence-corrected chi connectivity index (χ1v) is 11.2. The maximum atomic E-state index is 13.2. The number of hydrogen-bond donors (Lipinski definition) is 2. The molecule has 4 rings (SSSR count). The number of hydrogen-bond acceptors (Lipinski definition) is 7. The highest BCUT2D eigenvalue weighted by Crippen LogP contribution is 2.48. The third kappa shape index (κ3) is 4.01. The molecule has 0 radical (unpaired) electrons. The molecule has 2 heterocycles. The summed E-state index contributed by atoms with van der Waals surface area (Å²) >= 11 is 1.46. The first kappa shape index (κ1) is 21.3. The number of nitrogens with one attached hydrogen (secondary N) is 2. The number of benzene rings is 1. The molecule has 0 bridgehead atoms. The molecule has 0 amide bonds. The lowest BCUT2D eigenvalue weighted by molar-refractivity contribution is -0.384. The number of nitrogens with zero attached hydrogens (tertiary/aromatic N) is 2. The third-order valence-corrected chi connectivity index (χ3v) is 6.64. The Hall–Kier alpha value is -2.94. The van der Waals surface area contributed by atoms with E-state index in [2.05, 4.69) is 15.3 Å². The molecule has 8 nitrogen and oxygen atoms in total. The van der Waals surface area contributed by atoms with Gasteiger partial charge in [-0.15, -0.1) is 0 Å². The van der Waals surface area contributed by atoms with Crippen molar-refractivity contribution in [3.8, 4) is 0 Å². The molecule has 1 aliphatic heterocycles. The van der Waals surface area contributed by atoms with Crippen LogP contribution in [0.4, 0.5) is 11.5 Å². The molecule has 0 saturated heterocycles. The van der Waals surface area contributed by atoms with Crippen LogP contribution in [0.15, 0.2) is 45.5 Å². The number of Topliss-reactive ketones (excluding diaryl/α,β-unsaturated/α-hetero) is 1. The second-order valence-corrected chi connectivity index (χ2v) is 9.81. The molecular formula is C22H24N4O4S.